The van der Waals surface area contributed by atoms with E-state index in [1.54, 1.807) is 7.11 Å². The molecular formula is C15H25NO2. The van der Waals surface area contributed by atoms with Crippen molar-refractivity contribution in [3.05, 3.63) is 35.9 Å². The molecule has 0 aliphatic carbocycles. The van der Waals surface area contributed by atoms with E-state index < -0.39 is 0 Å². The van der Waals surface area contributed by atoms with Crippen LogP contribution in [0.25, 0.3) is 0 Å². The van der Waals surface area contributed by atoms with Crippen molar-refractivity contribution in [1.29, 1.82) is 0 Å². The van der Waals surface area contributed by atoms with E-state index in [-0.39, 0.29) is 5.54 Å². The third-order valence-electron chi connectivity index (χ3n) is 3.31. The highest BCUT2D eigenvalue weighted by Gasteiger charge is 2.24. The van der Waals surface area contributed by atoms with Crippen molar-refractivity contribution in [2.45, 2.75) is 31.7 Å². The highest BCUT2D eigenvalue weighted by Crippen LogP contribution is 2.25. The fraction of sp³-hybridized carbons (Fsp3) is 0.600. The van der Waals surface area contributed by atoms with E-state index in [1.807, 2.05) is 18.2 Å². The Morgan fingerprint density at radius 1 is 1.11 bits per heavy atom. The summed E-state index contributed by atoms with van der Waals surface area (Å²) in [6.07, 6.45) is 2.70. The first kappa shape index (κ1) is 15.2. The Balaban J connectivity index is 2.37. The lowest BCUT2D eigenvalue weighted by Crippen LogP contribution is -2.37. The minimum Gasteiger partial charge on any atom is -0.385 e. The van der Waals surface area contributed by atoms with Crippen molar-refractivity contribution in [2.75, 3.05) is 26.9 Å². The fourth-order valence-corrected chi connectivity index (χ4v) is 1.96. The Kier molecular flexibility index (Phi) is 6.94. The van der Waals surface area contributed by atoms with Crippen LogP contribution in [0.1, 0.15) is 31.7 Å². The summed E-state index contributed by atoms with van der Waals surface area (Å²) in [7, 11) is 1.71. The molecule has 0 aliphatic rings. The van der Waals surface area contributed by atoms with Gasteiger partial charge in [0.25, 0.3) is 0 Å². The van der Waals surface area contributed by atoms with E-state index in [0.717, 1.165) is 32.5 Å². The van der Waals surface area contributed by atoms with Crippen molar-refractivity contribution in [3.63, 3.8) is 0 Å². The standard InChI is InChI=1S/C15H25NO2/c1-3-15(16,14-8-5-4-6-9-14)10-13-18-12-7-11-17-2/h4-6,8-9H,3,7,10-13,16H2,1-2H3. The van der Waals surface area contributed by atoms with Crippen LogP contribution in [-0.4, -0.2) is 26.9 Å². The summed E-state index contributed by atoms with van der Waals surface area (Å²) < 4.78 is 10.6. The largest absolute Gasteiger partial charge is 0.385 e. The predicted octanol–water partition coefficient (Wildman–Crippen LogP) is 2.69. The summed E-state index contributed by atoms with van der Waals surface area (Å²) in [5, 5.41) is 0. The third kappa shape index (κ3) is 4.77. The van der Waals surface area contributed by atoms with Crippen LogP contribution in [0, 0.1) is 0 Å². The minimum absolute atomic E-state index is 0.275. The van der Waals surface area contributed by atoms with Crippen LogP contribution >= 0.6 is 0 Å². The summed E-state index contributed by atoms with van der Waals surface area (Å²) in [6, 6.07) is 10.3. The second kappa shape index (κ2) is 8.25. The van der Waals surface area contributed by atoms with Crippen LogP contribution < -0.4 is 5.73 Å². The molecule has 102 valence electrons. The molecule has 0 saturated carbocycles. The van der Waals surface area contributed by atoms with E-state index in [9.17, 15) is 0 Å². The Morgan fingerprint density at radius 2 is 1.83 bits per heavy atom. The zero-order chi connectivity index (χ0) is 13.3. The summed E-state index contributed by atoms with van der Waals surface area (Å²) >= 11 is 0. The minimum atomic E-state index is -0.275. The topological polar surface area (TPSA) is 44.5 Å². The van der Waals surface area contributed by atoms with Gasteiger partial charge in [-0.25, -0.2) is 0 Å². The van der Waals surface area contributed by atoms with Gasteiger partial charge in [-0.1, -0.05) is 37.3 Å². The van der Waals surface area contributed by atoms with Crippen LogP contribution in [0.3, 0.4) is 0 Å². The molecule has 0 spiro atoms. The van der Waals surface area contributed by atoms with E-state index in [0.29, 0.717) is 6.61 Å². The Labute approximate surface area is 110 Å². The van der Waals surface area contributed by atoms with E-state index in [2.05, 4.69) is 19.1 Å². The molecular weight excluding hydrogens is 226 g/mol. The molecule has 1 aromatic carbocycles. The SMILES string of the molecule is CCC(N)(CCOCCCOC)c1ccccc1. The number of hydrogen-bond donors (Lipinski definition) is 1. The fourth-order valence-electron chi connectivity index (χ4n) is 1.96. The lowest BCUT2D eigenvalue weighted by Gasteiger charge is -2.28. The lowest BCUT2D eigenvalue weighted by molar-refractivity contribution is 0.0891. The average molecular weight is 251 g/mol. The van der Waals surface area contributed by atoms with Gasteiger partial charge in [0.2, 0.25) is 0 Å². The van der Waals surface area contributed by atoms with Gasteiger partial charge in [0, 0.05) is 32.5 Å². The highest BCUT2D eigenvalue weighted by molar-refractivity contribution is 5.23. The van der Waals surface area contributed by atoms with Crippen LogP contribution in [0.2, 0.25) is 0 Å². The van der Waals surface area contributed by atoms with Gasteiger partial charge in [0.15, 0.2) is 0 Å². The van der Waals surface area contributed by atoms with E-state index >= 15 is 0 Å². The molecule has 3 heteroatoms. The molecule has 0 aromatic heterocycles. The second-order valence-electron chi connectivity index (χ2n) is 4.58. The zero-order valence-corrected chi connectivity index (χ0v) is 11.5. The lowest BCUT2D eigenvalue weighted by atomic mass is 9.85. The average Bonchev–Trinajstić information content (AvgIpc) is 2.43. The summed E-state index contributed by atoms with van der Waals surface area (Å²) in [5.41, 5.74) is 7.37. The second-order valence-corrected chi connectivity index (χ2v) is 4.58. The molecule has 1 aromatic rings. The monoisotopic (exact) mass is 251 g/mol. The first-order chi connectivity index (χ1) is 8.73. The van der Waals surface area contributed by atoms with Crippen molar-refractivity contribution < 1.29 is 9.47 Å². The van der Waals surface area contributed by atoms with Gasteiger partial charge in [-0.3, -0.25) is 0 Å². The number of methoxy groups -OCH3 is 1. The maximum Gasteiger partial charge on any atom is 0.0488 e. The van der Waals surface area contributed by atoms with Crippen LogP contribution in [0.4, 0.5) is 0 Å². The highest BCUT2D eigenvalue weighted by atomic mass is 16.5. The van der Waals surface area contributed by atoms with Gasteiger partial charge < -0.3 is 15.2 Å². The van der Waals surface area contributed by atoms with Gasteiger partial charge >= 0.3 is 0 Å². The van der Waals surface area contributed by atoms with Gasteiger partial charge in [-0.15, -0.1) is 0 Å². The number of hydrogen-bond acceptors (Lipinski definition) is 3. The quantitative estimate of drug-likeness (QED) is 0.686. The third-order valence-corrected chi connectivity index (χ3v) is 3.31. The first-order valence-electron chi connectivity index (χ1n) is 6.64. The molecule has 1 rings (SSSR count). The zero-order valence-electron chi connectivity index (χ0n) is 11.5. The van der Waals surface area contributed by atoms with Crippen molar-refractivity contribution in [1.82, 2.24) is 0 Å². The Hall–Kier alpha value is -0.900. The molecule has 0 radical (unpaired) electrons. The molecule has 0 aliphatic heterocycles. The number of benzene rings is 1. The van der Waals surface area contributed by atoms with Crippen molar-refractivity contribution in [2.24, 2.45) is 5.73 Å². The first-order valence-corrected chi connectivity index (χ1v) is 6.64. The molecule has 18 heavy (non-hydrogen) atoms. The molecule has 0 amide bonds. The number of ether oxygens (including phenoxy) is 2. The van der Waals surface area contributed by atoms with Gasteiger partial charge in [-0.05, 0) is 24.8 Å². The van der Waals surface area contributed by atoms with Crippen LogP contribution in [-0.2, 0) is 15.0 Å². The Morgan fingerprint density at radius 3 is 2.44 bits per heavy atom. The smallest absolute Gasteiger partial charge is 0.0488 e. The molecule has 0 saturated heterocycles. The van der Waals surface area contributed by atoms with Gasteiger partial charge in [-0.2, -0.15) is 0 Å². The molecule has 0 heterocycles. The summed E-state index contributed by atoms with van der Waals surface area (Å²) in [4.78, 5) is 0. The number of rotatable bonds is 9. The van der Waals surface area contributed by atoms with E-state index in [1.165, 1.54) is 5.56 Å². The normalized spacial score (nSPS) is 14.4. The molecule has 1 atom stereocenters. The maximum atomic E-state index is 6.45. The van der Waals surface area contributed by atoms with Gasteiger partial charge in [0.1, 0.15) is 0 Å². The van der Waals surface area contributed by atoms with Crippen LogP contribution in [0.5, 0.6) is 0 Å². The van der Waals surface area contributed by atoms with Gasteiger partial charge in [0.05, 0.1) is 0 Å². The van der Waals surface area contributed by atoms with Crippen molar-refractivity contribution >= 4 is 0 Å². The maximum absolute atomic E-state index is 6.45. The summed E-state index contributed by atoms with van der Waals surface area (Å²) in [6.45, 7) is 4.31. The molecule has 1 unspecified atom stereocenters. The molecule has 0 bridgehead atoms. The Bertz CT molecular complexity index is 316. The molecule has 3 nitrogen and oxygen atoms in total. The van der Waals surface area contributed by atoms with Crippen LogP contribution in [0.15, 0.2) is 30.3 Å². The van der Waals surface area contributed by atoms with Crippen molar-refractivity contribution in [3.8, 4) is 0 Å². The number of nitrogens with two attached hydrogens (primary N) is 1. The summed E-state index contributed by atoms with van der Waals surface area (Å²) in [5.74, 6) is 0. The molecule has 2 N–H and O–H groups in total. The predicted molar refractivity (Wildman–Crippen MR) is 74.5 cm³/mol. The molecule has 0 fully saturated rings. The van der Waals surface area contributed by atoms with E-state index in [4.69, 9.17) is 15.2 Å².